The van der Waals surface area contributed by atoms with Crippen molar-refractivity contribution in [2.24, 2.45) is 11.8 Å². The molecule has 126 valence electrons. The highest BCUT2D eigenvalue weighted by atomic mass is 16.4. The zero-order valence-corrected chi connectivity index (χ0v) is 13.7. The van der Waals surface area contributed by atoms with Gasteiger partial charge in [0.05, 0.1) is 0 Å². The van der Waals surface area contributed by atoms with Crippen LogP contribution in [0.3, 0.4) is 0 Å². The topological polar surface area (TPSA) is 79.6 Å². The lowest BCUT2D eigenvalue weighted by Gasteiger charge is -2.34. The number of fused-ring (bicyclic) bond motifs is 1. The minimum atomic E-state index is -0.645. The molecule has 1 saturated heterocycles. The number of amides is 2. The van der Waals surface area contributed by atoms with E-state index in [1.807, 2.05) is 0 Å². The smallest absolute Gasteiger partial charge is 0.336 e. The molecule has 1 fully saturated rings. The van der Waals surface area contributed by atoms with E-state index in [9.17, 15) is 14.4 Å². The number of nitrogens with zero attached hydrogens (tertiary/aromatic N) is 1. The fourth-order valence-corrected chi connectivity index (χ4v) is 3.31. The molecular formula is C18H20N2O4. The molecule has 0 saturated carbocycles. The molecule has 2 aromatic rings. The van der Waals surface area contributed by atoms with Crippen LogP contribution in [0.5, 0.6) is 0 Å². The Labute approximate surface area is 139 Å². The van der Waals surface area contributed by atoms with Gasteiger partial charge >= 0.3 is 17.4 Å². The van der Waals surface area contributed by atoms with Gasteiger partial charge in [-0.2, -0.15) is 0 Å². The first-order chi connectivity index (χ1) is 11.4. The molecule has 6 heteroatoms. The van der Waals surface area contributed by atoms with Crippen molar-refractivity contribution in [1.82, 2.24) is 4.90 Å². The number of likely N-dealkylation sites (tertiary alicyclic amines) is 1. The van der Waals surface area contributed by atoms with Crippen LogP contribution in [-0.2, 0) is 9.59 Å². The monoisotopic (exact) mass is 328 g/mol. The molecule has 1 aromatic carbocycles. The van der Waals surface area contributed by atoms with Crippen LogP contribution in [0.15, 0.2) is 39.5 Å². The van der Waals surface area contributed by atoms with Gasteiger partial charge in [0.1, 0.15) is 5.58 Å². The number of piperidine rings is 1. The molecule has 1 aromatic heterocycles. The summed E-state index contributed by atoms with van der Waals surface area (Å²) in [6.07, 6.45) is 1.07. The number of rotatable bonds is 1. The zero-order valence-electron chi connectivity index (χ0n) is 13.7. The molecule has 3 rings (SSSR count). The SMILES string of the molecule is C[C@H]1C[C@H](C)CN(C(=O)C(=O)Nc2ccc3oc(=O)ccc3c2)C1. The van der Waals surface area contributed by atoms with E-state index in [4.69, 9.17) is 4.42 Å². The third-order valence-electron chi connectivity index (χ3n) is 4.23. The molecule has 6 nitrogen and oxygen atoms in total. The first-order valence-electron chi connectivity index (χ1n) is 8.06. The second-order valence-electron chi connectivity index (χ2n) is 6.62. The summed E-state index contributed by atoms with van der Waals surface area (Å²) in [6, 6.07) is 7.81. The van der Waals surface area contributed by atoms with E-state index in [1.165, 1.54) is 6.07 Å². The molecule has 0 bridgehead atoms. The molecule has 0 aliphatic carbocycles. The van der Waals surface area contributed by atoms with Crippen LogP contribution in [0.4, 0.5) is 5.69 Å². The van der Waals surface area contributed by atoms with Crippen molar-refractivity contribution in [2.75, 3.05) is 18.4 Å². The average Bonchev–Trinajstić information content (AvgIpc) is 2.53. The Morgan fingerprint density at radius 3 is 2.54 bits per heavy atom. The Balaban J connectivity index is 1.73. The van der Waals surface area contributed by atoms with Crippen LogP contribution < -0.4 is 10.9 Å². The van der Waals surface area contributed by atoms with Gasteiger partial charge in [-0.15, -0.1) is 0 Å². The molecule has 2 atom stereocenters. The highest BCUT2D eigenvalue weighted by Gasteiger charge is 2.29. The summed E-state index contributed by atoms with van der Waals surface area (Å²) < 4.78 is 5.04. The maximum absolute atomic E-state index is 12.4. The normalized spacial score (nSPS) is 20.8. The lowest BCUT2D eigenvalue weighted by atomic mass is 9.92. The van der Waals surface area contributed by atoms with Crippen LogP contribution in [0.2, 0.25) is 0 Å². The molecule has 24 heavy (non-hydrogen) atoms. The summed E-state index contributed by atoms with van der Waals surface area (Å²) in [5.74, 6) is -0.357. The average molecular weight is 328 g/mol. The fourth-order valence-electron chi connectivity index (χ4n) is 3.31. The molecule has 0 spiro atoms. The third kappa shape index (κ3) is 3.48. The maximum atomic E-state index is 12.4. The van der Waals surface area contributed by atoms with Crippen LogP contribution in [0.25, 0.3) is 11.0 Å². The first-order valence-corrected chi connectivity index (χ1v) is 8.06. The van der Waals surface area contributed by atoms with Crippen LogP contribution in [0, 0.1) is 11.8 Å². The number of hydrogen-bond donors (Lipinski definition) is 1. The van der Waals surface area contributed by atoms with Crippen LogP contribution in [0.1, 0.15) is 20.3 Å². The zero-order chi connectivity index (χ0) is 17.3. The molecule has 2 heterocycles. The van der Waals surface area contributed by atoms with Crippen molar-refractivity contribution in [2.45, 2.75) is 20.3 Å². The Hall–Kier alpha value is -2.63. The van der Waals surface area contributed by atoms with Gasteiger partial charge in [0.15, 0.2) is 0 Å². The van der Waals surface area contributed by atoms with Gasteiger partial charge in [-0.1, -0.05) is 13.8 Å². The Kier molecular flexibility index (Phi) is 4.38. The van der Waals surface area contributed by atoms with Gasteiger partial charge < -0.3 is 14.6 Å². The number of hydrogen-bond acceptors (Lipinski definition) is 4. The van der Waals surface area contributed by atoms with E-state index >= 15 is 0 Å². The number of nitrogens with one attached hydrogen (secondary N) is 1. The first kappa shape index (κ1) is 16.2. The number of carbonyl (C=O) groups excluding carboxylic acids is 2. The van der Waals surface area contributed by atoms with Crippen molar-refractivity contribution in [3.63, 3.8) is 0 Å². The van der Waals surface area contributed by atoms with E-state index in [1.54, 1.807) is 29.2 Å². The van der Waals surface area contributed by atoms with Crippen molar-refractivity contribution in [3.05, 3.63) is 40.8 Å². The molecule has 0 radical (unpaired) electrons. The Bertz CT molecular complexity index is 832. The standard InChI is InChI=1S/C18H20N2O4/c1-11-7-12(2)10-20(9-11)18(23)17(22)19-14-4-5-15-13(8-14)3-6-16(21)24-15/h3-6,8,11-12H,7,9-10H2,1-2H3,(H,19,22)/t11-,12-/m0/s1. The van der Waals surface area contributed by atoms with E-state index in [0.29, 0.717) is 41.6 Å². The van der Waals surface area contributed by atoms with Gasteiger partial charge in [-0.3, -0.25) is 9.59 Å². The quantitative estimate of drug-likeness (QED) is 0.643. The Morgan fingerprint density at radius 2 is 1.83 bits per heavy atom. The number of benzene rings is 1. The molecule has 2 amide bonds. The van der Waals surface area contributed by atoms with Crippen molar-refractivity contribution in [3.8, 4) is 0 Å². The molecule has 0 unspecified atom stereocenters. The highest BCUT2D eigenvalue weighted by molar-refractivity contribution is 6.39. The third-order valence-corrected chi connectivity index (χ3v) is 4.23. The van der Waals surface area contributed by atoms with E-state index in [0.717, 1.165) is 6.42 Å². The van der Waals surface area contributed by atoms with Gasteiger partial charge in [0, 0.05) is 30.2 Å². The molecule has 1 N–H and O–H groups in total. The minimum absolute atomic E-state index is 0.397. The van der Waals surface area contributed by atoms with Crippen molar-refractivity contribution >= 4 is 28.5 Å². The number of anilines is 1. The maximum Gasteiger partial charge on any atom is 0.336 e. The predicted molar refractivity (Wildman–Crippen MR) is 90.6 cm³/mol. The van der Waals surface area contributed by atoms with Gasteiger partial charge in [-0.25, -0.2) is 4.79 Å². The number of carbonyl (C=O) groups is 2. The van der Waals surface area contributed by atoms with Gasteiger partial charge in [0.25, 0.3) is 0 Å². The summed E-state index contributed by atoms with van der Waals surface area (Å²) in [4.78, 5) is 37.4. The van der Waals surface area contributed by atoms with E-state index in [-0.39, 0.29) is 0 Å². The predicted octanol–water partition coefficient (Wildman–Crippen LogP) is 2.24. The van der Waals surface area contributed by atoms with E-state index in [2.05, 4.69) is 19.2 Å². The second-order valence-corrected chi connectivity index (χ2v) is 6.62. The largest absolute Gasteiger partial charge is 0.423 e. The Morgan fingerprint density at radius 1 is 1.12 bits per heavy atom. The lowest BCUT2D eigenvalue weighted by Crippen LogP contribution is -2.47. The van der Waals surface area contributed by atoms with E-state index < -0.39 is 17.4 Å². The van der Waals surface area contributed by atoms with Gasteiger partial charge in [0.2, 0.25) is 0 Å². The lowest BCUT2D eigenvalue weighted by molar-refractivity contribution is -0.144. The van der Waals surface area contributed by atoms with Crippen molar-refractivity contribution in [1.29, 1.82) is 0 Å². The highest BCUT2D eigenvalue weighted by Crippen LogP contribution is 2.22. The fraction of sp³-hybridized carbons (Fsp3) is 0.389. The minimum Gasteiger partial charge on any atom is -0.423 e. The van der Waals surface area contributed by atoms with Gasteiger partial charge in [-0.05, 0) is 42.5 Å². The molecule has 1 aliphatic rings. The summed E-state index contributed by atoms with van der Waals surface area (Å²) in [7, 11) is 0. The van der Waals surface area contributed by atoms with Crippen molar-refractivity contribution < 1.29 is 14.0 Å². The summed E-state index contributed by atoms with van der Waals surface area (Å²) in [6.45, 7) is 5.40. The summed E-state index contributed by atoms with van der Waals surface area (Å²) in [5.41, 5.74) is 0.501. The summed E-state index contributed by atoms with van der Waals surface area (Å²) in [5, 5.41) is 3.31. The second kappa shape index (κ2) is 6.47. The van der Waals surface area contributed by atoms with Crippen LogP contribution >= 0.6 is 0 Å². The molecule has 1 aliphatic heterocycles. The molecular weight excluding hydrogens is 308 g/mol. The summed E-state index contributed by atoms with van der Waals surface area (Å²) >= 11 is 0. The van der Waals surface area contributed by atoms with Crippen LogP contribution in [-0.4, -0.2) is 29.8 Å².